The zero-order valence-corrected chi connectivity index (χ0v) is 16.2. The Morgan fingerprint density at radius 1 is 1.12 bits per heavy atom. The molecule has 0 saturated heterocycles. The number of hydrogen-bond acceptors (Lipinski definition) is 1. The lowest BCUT2D eigenvalue weighted by atomic mass is 10.2. The number of rotatable bonds is 6. The van der Waals surface area contributed by atoms with Crippen LogP contribution in [-0.4, -0.2) is 28.6 Å². The molecule has 0 radical (unpaired) electrons. The minimum absolute atomic E-state index is 0. The van der Waals surface area contributed by atoms with Crippen molar-refractivity contribution in [3.05, 3.63) is 60.6 Å². The molecule has 0 aliphatic carbocycles. The standard InChI is InChI=1S/C18H23N5.HI/c1-2-19-18(20-9-12-23-10-5-6-11-23)21-14-16-13-15-7-3-4-8-17(15)22-16;/h3-8,10-11,13,22H,2,9,12,14H2,1H3,(H2,19,20,21);1H. The van der Waals surface area contributed by atoms with E-state index in [4.69, 9.17) is 0 Å². The highest BCUT2D eigenvalue weighted by molar-refractivity contribution is 14.0. The second-order valence-corrected chi connectivity index (χ2v) is 5.42. The minimum atomic E-state index is 0. The van der Waals surface area contributed by atoms with Crippen molar-refractivity contribution in [3.8, 4) is 0 Å². The number of aliphatic imine (C=N–C) groups is 1. The molecule has 2 heterocycles. The Balaban J connectivity index is 0.00000208. The second kappa shape index (κ2) is 9.36. The number of hydrogen-bond donors (Lipinski definition) is 3. The molecule has 0 bridgehead atoms. The summed E-state index contributed by atoms with van der Waals surface area (Å²) in [6, 6.07) is 14.5. The van der Waals surface area contributed by atoms with Gasteiger partial charge in [-0.2, -0.15) is 0 Å². The summed E-state index contributed by atoms with van der Waals surface area (Å²) in [4.78, 5) is 8.06. The highest BCUT2D eigenvalue weighted by Crippen LogP contribution is 2.14. The molecule has 0 spiro atoms. The number of aromatic nitrogens is 2. The van der Waals surface area contributed by atoms with Crippen LogP contribution in [0.5, 0.6) is 0 Å². The van der Waals surface area contributed by atoms with Gasteiger partial charge in [-0.05, 0) is 36.6 Å². The van der Waals surface area contributed by atoms with Gasteiger partial charge in [-0.3, -0.25) is 0 Å². The van der Waals surface area contributed by atoms with Crippen LogP contribution in [0.1, 0.15) is 12.6 Å². The highest BCUT2D eigenvalue weighted by atomic mass is 127. The predicted octanol–water partition coefficient (Wildman–Crippen LogP) is 3.34. The number of halogens is 1. The molecule has 5 nitrogen and oxygen atoms in total. The van der Waals surface area contributed by atoms with E-state index in [-0.39, 0.29) is 24.0 Å². The first-order valence-electron chi connectivity index (χ1n) is 8.04. The molecule has 3 N–H and O–H groups in total. The molecule has 0 aliphatic heterocycles. The molecule has 0 amide bonds. The van der Waals surface area contributed by atoms with Gasteiger partial charge < -0.3 is 20.2 Å². The van der Waals surface area contributed by atoms with E-state index in [1.54, 1.807) is 0 Å². The Morgan fingerprint density at radius 3 is 2.67 bits per heavy atom. The molecule has 1 aromatic carbocycles. The first-order chi connectivity index (χ1) is 11.3. The molecule has 0 unspecified atom stereocenters. The molecule has 24 heavy (non-hydrogen) atoms. The van der Waals surface area contributed by atoms with Crippen molar-refractivity contribution in [2.45, 2.75) is 20.0 Å². The van der Waals surface area contributed by atoms with Crippen LogP contribution in [0.4, 0.5) is 0 Å². The van der Waals surface area contributed by atoms with Gasteiger partial charge in [0.25, 0.3) is 0 Å². The third kappa shape index (κ3) is 5.02. The Bertz CT molecular complexity index is 728. The van der Waals surface area contributed by atoms with Crippen molar-refractivity contribution < 1.29 is 0 Å². The number of nitrogens with zero attached hydrogens (tertiary/aromatic N) is 2. The summed E-state index contributed by atoms with van der Waals surface area (Å²) < 4.78 is 2.15. The largest absolute Gasteiger partial charge is 0.357 e. The fourth-order valence-corrected chi connectivity index (χ4v) is 2.55. The summed E-state index contributed by atoms with van der Waals surface area (Å²) in [5, 5.41) is 7.87. The predicted molar refractivity (Wildman–Crippen MR) is 111 cm³/mol. The van der Waals surface area contributed by atoms with Crippen LogP contribution in [0.25, 0.3) is 10.9 Å². The van der Waals surface area contributed by atoms with E-state index >= 15 is 0 Å². The number of H-pyrrole nitrogens is 1. The van der Waals surface area contributed by atoms with Gasteiger partial charge in [-0.25, -0.2) is 4.99 Å². The topological polar surface area (TPSA) is 57.1 Å². The molecule has 3 rings (SSSR count). The zero-order chi connectivity index (χ0) is 15.9. The van der Waals surface area contributed by atoms with Crippen molar-refractivity contribution in [1.29, 1.82) is 0 Å². The molecular weight excluding hydrogens is 413 g/mol. The summed E-state index contributed by atoms with van der Waals surface area (Å²) in [5.41, 5.74) is 2.28. The van der Waals surface area contributed by atoms with Crippen LogP contribution in [0.2, 0.25) is 0 Å². The van der Waals surface area contributed by atoms with Crippen LogP contribution in [-0.2, 0) is 13.1 Å². The molecule has 2 aromatic heterocycles. The smallest absolute Gasteiger partial charge is 0.191 e. The Morgan fingerprint density at radius 2 is 1.92 bits per heavy atom. The van der Waals surface area contributed by atoms with Gasteiger partial charge in [0, 0.05) is 43.2 Å². The zero-order valence-electron chi connectivity index (χ0n) is 13.8. The minimum Gasteiger partial charge on any atom is -0.357 e. The Kier molecular flexibility index (Phi) is 7.17. The van der Waals surface area contributed by atoms with E-state index in [0.717, 1.165) is 36.8 Å². The van der Waals surface area contributed by atoms with Crippen molar-refractivity contribution in [1.82, 2.24) is 20.2 Å². The van der Waals surface area contributed by atoms with E-state index < -0.39 is 0 Å². The molecule has 6 heteroatoms. The van der Waals surface area contributed by atoms with Crippen LogP contribution in [0.15, 0.2) is 59.9 Å². The third-order valence-electron chi connectivity index (χ3n) is 3.67. The van der Waals surface area contributed by atoms with Crippen LogP contribution in [0, 0.1) is 0 Å². The van der Waals surface area contributed by atoms with Gasteiger partial charge in [0.1, 0.15) is 0 Å². The first kappa shape index (κ1) is 18.4. The lowest BCUT2D eigenvalue weighted by molar-refractivity contribution is 0.665. The molecule has 0 atom stereocenters. The number of para-hydroxylation sites is 1. The van der Waals surface area contributed by atoms with Crippen molar-refractivity contribution >= 4 is 40.8 Å². The van der Waals surface area contributed by atoms with Crippen molar-refractivity contribution in [2.24, 2.45) is 4.99 Å². The molecule has 0 fully saturated rings. The number of fused-ring (bicyclic) bond motifs is 1. The highest BCUT2D eigenvalue weighted by Gasteiger charge is 2.01. The first-order valence-corrected chi connectivity index (χ1v) is 8.04. The van der Waals surface area contributed by atoms with Crippen LogP contribution < -0.4 is 10.6 Å². The van der Waals surface area contributed by atoms with Gasteiger partial charge in [0.05, 0.1) is 6.54 Å². The normalized spacial score (nSPS) is 11.3. The second-order valence-electron chi connectivity index (χ2n) is 5.42. The summed E-state index contributed by atoms with van der Waals surface area (Å²) in [6.45, 7) is 5.32. The summed E-state index contributed by atoms with van der Waals surface area (Å²) in [6.07, 6.45) is 4.13. The average molecular weight is 437 g/mol. The van der Waals surface area contributed by atoms with E-state index in [2.05, 4.69) is 68.8 Å². The average Bonchev–Trinajstić information content (AvgIpc) is 3.21. The lowest BCUT2D eigenvalue weighted by Crippen LogP contribution is -2.38. The van der Waals surface area contributed by atoms with Crippen LogP contribution >= 0.6 is 24.0 Å². The molecule has 128 valence electrons. The van der Waals surface area contributed by atoms with Crippen molar-refractivity contribution in [3.63, 3.8) is 0 Å². The number of nitrogens with one attached hydrogen (secondary N) is 3. The van der Waals surface area contributed by atoms with E-state index in [9.17, 15) is 0 Å². The maximum atomic E-state index is 4.65. The van der Waals surface area contributed by atoms with Crippen LogP contribution in [0.3, 0.4) is 0 Å². The van der Waals surface area contributed by atoms with Gasteiger partial charge >= 0.3 is 0 Å². The van der Waals surface area contributed by atoms with Gasteiger partial charge in [-0.1, -0.05) is 18.2 Å². The number of aromatic amines is 1. The van der Waals surface area contributed by atoms with Gasteiger partial charge in [0.15, 0.2) is 5.96 Å². The fraction of sp³-hybridized carbons (Fsp3) is 0.278. The lowest BCUT2D eigenvalue weighted by Gasteiger charge is -2.11. The maximum Gasteiger partial charge on any atom is 0.191 e. The Labute approximate surface area is 159 Å². The number of guanidine groups is 1. The molecule has 0 aliphatic rings. The summed E-state index contributed by atoms with van der Waals surface area (Å²) in [7, 11) is 0. The molecule has 0 saturated carbocycles. The SMILES string of the molecule is CCNC(=NCc1cc2ccccc2[nH]1)NCCn1cccc1.I. The maximum absolute atomic E-state index is 4.65. The molecule has 3 aromatic rings. The summed E-state index contributed by atoms with van der Waals surface area (Å²) in [5.74, 6) is 0.846. The summed E-state index contributed by atoms with van der Waals surface area (Å²) >= 11 is 0. The quantitative estimate of drug-likeness (QED) is 0.315. The van der Waals surface area contributed by atoms with E-state index in [1.165, 1.54) is 5.39 Å². The third-order valence-corrected chi connectivity index (χ3v) is 3.67. The van der Waals surface area contributed by atoms with E-state index in [0.29, 0.717) is 6.54 Å². The fourth-order valence-electron chi connectivity index (χ4n) is 2.55. The monoisotopic (exact) mass is 437 g/mol. The van der Waals surface area contributed by atoms with Crippen molar-refractivity contribution in [2.75, 3.05) is 13.1 Å². The Hall–Kier alpha value is -1.96. The van der Waals surface area contributed by atoms with E-state index in [1.807, 2.05) is 18.2 Å². The van der Waals surface area contributed by atoms with Gasteiger partial charge in [-0.15, -0.1) is 24.0 Å². The number of benzene rings is 1. The molecular formula is C18H24IN5. The van der Waals surface area contributed by atoms with Gasteiger partial charge in [0.2, 0.25) is 0 Å².